The highest BCUT2D eigenvalue weighted by Crippen LogP contribution is 2.35. The lowest BCUT2D eigenvalue weighted by molar-refractivity contribution is -0.138. The lowest BCUT2D eigenvalue weighted by Crippen LogP contribution is -2.45. The molecule has 0 aliphatic carbocycles. The molecule has 1 aromatic heterocycles. The van der Waals surface area contributed by atoms with Gasteiger partial charge in [-0.2, -0.15) is 13.2 Å². The molecule has 0 atom stereocenters. The molecular weight excluding hydrogens is 380 g/mol. The SMILES string of the molecule is Cn1nc(N2CCC(Cc3ccc(F)cc3C(F)(F)F)CC2)c(=O)n(C)c1=O. The predicted octanol–water partition coefficient (Wildman–Crippen LogP) is 2.10. The van der Waals surface area contributed by atoms with Gasteiger partial charge in [-0.25, -0.2) is 13.9 Å². The van der Waals surface area contributed by atoms with E-state index >= 15 is 0 Å². The Balaban J connectivity index is 1.74. The second kappa shape index (κ2) is 7.40. The summed E-state index contributed by atoms with van der Waals surface area (Å²) in [6.07, 6.45) is -3.31. The van der Waals surface area contributed by atoms with Gasteiger partial charge in [-0.3, -0.25) is 9.36 Å². The molecule has 0 amide bonds. The van der Waals surface area contributed by atoms with Gasteiger partial charge in [-0.05, 0) is 42.9 Å². The molecule has 6 nitrogen and oxygen atoms in total. The minimum Gasteiger partial charge on any atom is -0.351 e. The second-order valence-corrected chi connectivity index (χ2v) is 7.03. The first-order valence-corrected chi connectivity index (χ1v) is 8.83. The lowest BCUT2D eigenvalue weighted by atomic mass is 9.88. The van der Waals surface area contributed by atoms with Gasteiger partial charge >= 0.3 is 11.9 Å². The van der Waals surface area contributed by atoms with Crippen molar-refractivity contribution in [3.63, 3.8) is 0 Å². The van der Waals surface area contributed by atoms with Gasteiger partial charge in [0, 0.05) is 27.2 Å². The van der Waals surface area contributed by atoms with E-state index in [4.69, 9.17) is 0 Å². The van der Waals surface area contributed by atoms with Crippen LogP contribution in [0.2, 0.25) is 0 Å². The van der Waals surface area contributed by atoms with Crippen LogP contribution in [0.25, 0.3) is 0 Å². The van der Waals surface area contributed by atoms with Crippen LogP contribution in [0, 0.1) is 11.7 Å². The van der Waals surface area contributed by atoms with Crippen LogP contribution >= 0.6 is 0 Å². The monoisotopic (exact) mass is 400 g/mol. The summed E-state index contributed by atoms with van der Waals surface area (Å²) in [4.78, 5) is 25.8. The van der Waals surface area contributed by atoms with Gasteiger partial charge in [0.05, 0.1) is 5.56 Å². The van der Waals surface area contributed by atoms with E-state index < -0.39 is 28.8 Å². The highest BCUT2D eigenvalue weighted by atomic mass is 19.4. The molecule has 0 saturated carbocycles. The van der Waals surface area contributed by atoms with Crippen molar-refractivity contribution in [1.29, 1.82) is 0 Å². The molecule has 10 heteroatoms. The van der Waals surface area contributed by atoms with Crippen LogP contribution in [0.5, 0.6) is 0 Å². The second-order valence-electron chi connectivity index (χ2n) is 7.03. The Morgan fingerprint density at radius 3 is 2.39 bits per heavy atom. The summed E-state index contributed by atoms with van der Waals surface area (Å²) in [6.45, 7) is 0.876. The van der Waals surface area contributed by atoms with Crippen LogP contribution in [0.4, 0.5) is 23.4 Å². The number of nitrogens with zero attached hydrogens (tertiary/aromatic N) is 4. The Hall–Kier alpha value is -2.65. The molecule has 1 aliphatic heterocycles. The Bertz CT molecular complexity index is 989. The summed E-state index contributed by atoms with van der Waals surface area (Å²) in [5.74, 6) is -0.789. The zero-order chi connectivity index (χ0) is 20.6. The zero-order valence-electron chi connectivity index (χ0n) is 15.5. The molecule has 28 heavy (non-hydrogen) atoms. The number of anilines is 1. The predicted molar refractivity (Wildman–Crippen MR) is 94.8 cm³/mol. The van der Waals surface area contributed by atoms with E-state index in [1.807, 2.05) is 0 Å². The molecule has 1 fully saturated rings. The highest BCUT2D eigenvalue weighted by Gasteiger charge is 2.34. The number of hydrogen-bond donors (Lipinski definition) is 0. The number of aromatic nitrogens is 3. The zero-order valence-corrected chi connectivity index (χ0v) is 15.5. The van der Waals surface area contributed by atoms with E-state index in [9.17, 15) is 27.2 Å². The van der Waals surface area contributed by atoms with Crippen LogP contribution in [-0.4, -0.2) is 27.4 Å². The Labute approximate surface area is 158 Å². The van der Waals surface area contributed by atoms with E-state index in [-0.39, 0.29) is 23.7 Å². The first kappa shape index (κ1) is 20.1. The molecular formula is C18H20F4N4O2. The Morgan fingerprint density at radius 2 is 1.79 bits per heavy atom. The smallest absolute Gasteiger partial charge is 0.351 e. The van der Waals surface area contributed by atoms with Gasteiger partial charge in [0.2, 0.25) is 5.82 Å². The number of aryl methyl sites for hydroxylation is 1. The number of piperidine rings is 1. The standard InChI is InChI=1S/C18H20F4N4O2/c1-24-16(27)15(23-25(2)17(24)28)26-7-5-11(6-8-26)9-12-3-4-13(19)10-14(12)18(20,21)22/h3-4,10-11H,5-9H2,1-2H3. The maximum absolute atomic E-state index is 13.3. The quantitative estimate of drug-likeness (QED) is 0.741. The molecule has 0 spiro atoms. The first-order valence-electron chi connectivity index (χ1n) is 8.83. The van der Waals surface area contributed by atoms with E-state index in [1.54, 1.807) is 4.90 Å². The van der Waals surface area contributed by atoms with Crippen molar-refractivity contribution in [2.45, 2.75) is 25.4 Å². The molecule has 1 aliphatic rings. The average Bonchev–Trinajstić information content (AvgIpc) is 2.64. The fraction of sp³-hybridized carbons (Fsp3) is 0.500. The fourth-order valence-corrected chi connectivity index (χ4v) is 3.53. The summed E-state index contributed by atoms with van der Waals surface area (Å²) in [5, 5.41) is 4.03. The van der Waals surface area contributed by atoms with E-state index in [0.717, 1.165) is 15.3 Å². The molecule has 152 valence electrons. The van der Waals surface area contributed by atoms with Crippen molar-refractivity contribution in [3.8, 4) is 0 Å². The third kappa shape index (κ3) is 3.95. The molecule has 0 unspecified atom stereocenters. The van der Waals surface area contributed by atoms with Crippen LogP contribution in [-0.2, 0) is 26.7 Å². The molecule has 0 radical (unpaired) electrons. The van der Waals surface area contributed by atoms with E-state index in [0.29, 0.717) is 32.0 Å². The number of halogens is 4. The summed E-state index contributed by atoms with van der Waals surface area (Å²) >= 11 is 0. The summed E-state index contributed by atoms with van der Waals surface area (Å²) in [6, 6.07) is 2.76. The third-order valence-corrected chi connectivity index (χ3v) is 5.10. The van der Waals surface area contributed by atoms with E-state index in [2.05, 4.69) is 5.10 Å². The van der Waals surface area contributed by atoms with Crippen molar-refractivity contribution in [2.24, 2.45) is 20.0 Å². The maximum atomic E-state index is 13.3. The maximum Gasteiger partial charge on any atom is 0.416 e. The fourth-order valence-electron chi connectivity index (χ4n) is 3.53. The molecule has 0 N–H and O–H groups in total. The van der Waals surface area contributed by atoms with Crippen molar-refractivity contribution in [3.05, 3.63) is 56.0 Å². The molecule has 1 saturated heterocycles. The van der Waals surface area contributed by atoms with Crippen LogP contribution in [0.15, 0.2) is 27.8 Å². The summed E-state index contributed by atoms with van der Waals surface area (Å²) in [7, 11) is 2.82. The van der Waals surface area contributed by atoms with Gasteiger partial charge in [-0.1, -0.05) is 6.07 Å². The number of benzene rings is 1. The third-order valence-electron chi connectivity index (χ3n) is 5.10. The van der Waals surface area contributed by atoms with Crippen molar-refractivity contribution < 1.29 is 17.6 Å². The minimum absolute atomic E-state index is 0.0285. The van der Waals surface area contributed by atoms with Crippen molar-refractivity contribution in [2.75, 3.05) is 18.0 Å². The number of alkyl halides is 3. The Morgan fingerprint density at radius 1 is 1.14 bits per heavy atom. The van der Waals surface area contributed by atoms with Gasteiger partial charge in [0.25, 0.3) is 5.56 Å². The topological polar surface area (TPSA) is 60.1 Å². The van der Waals surface area contributed by atoms with Crippen molar-refractivity contribution in [1.82, 2.24) is 14.3 Å². The normalized spacial score (nSPS) is 15.9. The first-order chi connectivity index (χ1) is 13.1. The van der Waals surface area contributed by atoms with Gasteiger partial charge in [0.1, 0.15) is 5.82 Å². The summed E-state index contributed by atoms with van der Waals surface area (Å²) < 4.78 is 54.8. The minimum atomic E-state index is -4.61. The van der Waals surface area contributed by atoms with Crippen LogP contribution in [0.3, 0.4) is 0 Å². The van der Waals surface area contributed by atoms with Gasteiger partial charge in [-0.15, -0.1) is 5.10 Å². The largest absolute Gasteiger partial charge is 0.416 e. The number of rotatable bonds is 3. The van der Waals surface area contributed by atoms with Gasteiger partial charge < -0.3 is 4.90 Å². The van der Waals surface area contributed by atoms with Gasteiger partial charge in [0.15, 0.2) is 0 Å². The Kier molecular flexibility index (Phi) is 5.31. The number of hydrogen-bond acceptors (Lipinski definition) is 4. The highest BCUT2D eigenvalue weighted by molar-refractivity contribution is 5.36. The molecule has 2 heterocycles. The molecule has 2 aromatic rings. The van der Waals surface area contributed by atoms with Crippen LogP contribution in [0.1, 0.15) is 24.0 Å². The average molecular weight is 400 g/mol. The molecule has 1 aromatic carbocycles. The molecule has 3 rings (SSSR count). The summed E-state index contributed by atoms with van der Waals surface area (Å²) in [5.41, 5.74) is -1.90. The van der Waals surface area contributed by atoms with Crippen LogP contribution < -0.4 is 16.1 Å². The molecule has 0 bridgehead atoms. The lowest BCUT2D eigenvalue weighted by Gasteiger charge is -2.32. The van der Waals surface area contributed by atoms with E-state index in [1.165, 1.54) is 20.2 Å². The van der Waals surface area contributed by atoms with Crippen molar-refractivity contribution >= 4 is 5.82 Å².